The van der Waals surface area contributed by atoms with E-state index in [2.05, 4.69) is 24.3 Å². The van der Waals surface area contributed by atoms with Crippen molar-refractivity contribution in [1.82, 2.24) is 0 Å². The van der Waals surface area contributed by atoms with Crippen molar-refractivity contribution in [1.29, 1.82) is 0 Å². The number of carbonyl (C=O) groups is 1. The highest BCUT2D eigenvalue weighted by molar-refractivity contribution is 5.91. The van der Waals surface area contributed by atoms with Crippen LogP contribution in [0.3, 0.4) is 0 Å². The van der Waals surface area contributed by atoms with Crippen molar-refractivity contribution in [2.75, 3.05) is 18.5 Å². The summed E-state index contributed by atoms with van der Waals surface area (Å²) in [6.45, 7) is 0.522. The van der Waals surface area contributed by atoms with Crippen molar-refractivity contribution >= 4 is 22.4 Å². The molecule has 0 unspecified atom stereocenters. The van der Waals surface area contributed by atoms with Gasteiger partial charge in [-0.3, -0.25) is 0 Å². The molecule has 1 heterocycles. The Hall–Kier alpha value is -2.03. The molecule has 18 heavy (non-hydrogen) atoms. The minimum absolute atomic E-state index is 0.423. The Kier molecular flexibility index (Phi) is 2.47. The molecule has 0 radical (unpaired) electrons. The number of carboxylic acid groups (broad SMARTS) is 1. The normalized spacial score (nSPS) is 18.7. The van der Waals surface area contributed by atoms with Gasteiger partial charge in [0.05, 0.1) is 0 Å². The standard InChI is InChI=1S/C15H15NO2/c1-16-9-11(15(17)18)8-13-12-5-3-2-4-10(12)6-7-14(13)16/h2-7,11H,8-9H2,1H3,(H,17,18)/p-1/t11-/m0/s1. The highest BCUT2D eigenvalue weighted by atomic mass is 16.4. The van der Waals surface area contributed by atoms with E-state index in [4.69, 9.17) is 0 Å². The number of benzene rings is 2. The van der Waals surface area contributed by atoms with Crippen LogP contribution in [-0.2, 0) is 11.2 Å². The Bertz CT molecular complexity index is 621. The fourth-order valence-electron chi connectivity index (χ4n) is 2.79. The summed E-state index contributed by atoms with van der Waals surface area (Å²) >= 11 is 0. The first-order chi connectivity index (χ1) is 8.66. The highest BCUT2D eigenvalue weighted by Crippen LogP contribution is 2.34. The number of rotatable bonds is 1. The van der Waals surface area contributed by atoms with Crippen molar-refractivity contribution < 1.29 is 9.90 Å². The van der Waals surface area contributed by atoms with Crippen molar-refractivity contribution in [2.45, 2.75) is 6.42 Å². The van der Waals surface area contributed by atoms with Crippen LogP contribution >= 0.6 is 0 Å². The quantitative estimate of drug-likeness (QED) is 0.752. The lowest BCUT2D eigenvalue weighted by Gasteiger charge is -2.34. The van der Waals surface area contributed by atoms with Gasteiger partial charge in [0.2, 0.25) is 0 Å². The Labute approximate surface area is 106 Å². The van der Waals surface area contributed by atoms with Crippen LogP contribution in [0.2, 0.25) is 0 Å². The third kappa shape index (κ3) is 1.63. The third-order valence-corrected chi connectivity index (χ3v) is 3.71. The molecule has 2 aromatic carbocycles. The minimum Gasteiger partial charge on any atom is -0.550 e. The SMILES string of the molecule is CN1C[C@@H](C(=O)[O-])Cc2c1ccc1ccccc21. The van der Waals surface area contributed by atoms with Gasteiger partial charge < -0.3 is 14.8 Å². The Morgan fingerprint density at radius 1 is 1.28 bits per heavy atom. The zero-order valence-electron chi connectivity index (χ0n) is 10.2. The number of carbonyl (C=O) groups excluding carboxylic acids is 1. The number of carboxylic acids is 1. The van der Waals surface area contributed by atoms with E-state index in [1.165, 1.54) is 0 Å². The molecule has 1 aliphatic heterocycles. The Morgan fingerprint density at radius 3 is 2.83 bits per heavy atom. The first-order valence-corrected chi connectivity index (χ1v) is 6.09. The summed E-state index contributed by atoms with van der Waals surface area (Å²) in [4.78, 5) is 13.1. The van der Waals surface area contributed by atoms with Crippen LogP contribution in [0.5, 0.6) is 0 Å². The zero-order valence-corrected chi connectivity index (χ0v) is 10.2. The fourth-order valence-corrected chi connectivity index (χ4v) is 2.79. The molecule has 3 nitrogen and oxygen atoms in total. The molecule has 1 atom stereocenters. The van der Waals surface area contributed by atoms with Crippen LogP contribution in [-0.4, -0.2) is 19.6 Å². The van der Waals surface area contributed by atoms with Crippen LogP contribution in [0.4, 0.5) is 5.69 Å². The molecule has 0 aromatic heterocycles. The van der Waals surface area contributed by atoms with Gasteiger partial charge in [-0.15, -0.1) is 0 Å². The van der Waals surface area contributed by atoms with E-state index in [0.29, 0.717) is 13.0 Å². The van der Waals surface area contributed by atoms with E-state index < -0.39 is 11.9 Å². The Balaban J connectivity index is 2.20. The summed E-state index contributed by atoms with van der Waals surface area (Å²) in [5.41, 5.74) is 2.25. The number of aliphatic carboxylic acids is 1. The molecular weight excluding hydrogens is 226 g/mol. The van der Waals surface area contributed by atoms with Gasteiger partial charge in [-0.05, 0) is 28.8 Å². The predicted octanol–water partition coefficient (Wildman–Crippen LogP) is 1.20. The molecule has 3 heteroatoms. The monoisotopic (exact) mass is 240 g/mol. The third-order valence-electron chi connectivity index (χ3n) is 3.71. The molecule has 1 aliphatic rings. The average molecular weight is 240 g/mol. The van der Waals surface area contributed by atoms with Gasteiger partial charge in [-0.1, -0.05) is 30.3 Å². The molecule has 0 amide bonds. The van der Waals surface area contributed by atoms with Crippen LogP contribution in [0, 0.1) is 5.92 Å². The van der Waals surface area contributed by atoms with Crippen molar-refractivity contribution in [3.8, 4) is 0 Å². The van der Waals surface area contributed by atoms with E-state index in [1.807, 2.05) is 24.1 Å². The molecule has 0 saturated carbocycles. The maximum atomic E-state index is 11.1. The van der Waals surface area contributed by atoms with Gasteiger partial charge >= 0.3 is 0 Å². The van der Waals surface area contributed by atoms with Gasteiger partial charge in [0.25, 0.3) is 0 Å². The zero-order chi connectivity index (χ0) is 12.7. The van der Waals surface area contributed by atoms with Crippen LogP contribution in [0.25, 0.3) is 10.8 Å². The number of anilines is 1. The minimum atomic E-state index is -0.958. The summed E-state index contributed by atoms with van der Waals surface area (Å²) in [6, 6.07) is 12.3. The summed E-state index contributed by atoms with van der Waals surface area (Å²) < 4.78 is 0. The number of hydrogen-bond donors (Lipinski definition) is 0. The molecule has 0 N–H and O–H groups in total. The second-order valence-electron chi connectivity index (χ2n) is 4.88. The largest absolute Gasteiger partial charge is 0.550 e. The highest BCUT2D eigenvalue weighted by Gasteiger charge is 2.24. The number of nitrogens with zero attached hydrogens (tertiary/aromatic N) is 1. The number of fused-ring (bicyclic) bond motifs is 3. The van der Waals surface area contributed by atoms with Crippen LogP contribution in [0.15, 0.2) is 36.4 Å². The molecule has 0 saturated heterocycles. The van der Waals surface area contributed by atoms with Gasteiger partial charge in [-0.2, -0.15) is 0 Å². The lowest BCUT2D eigenvalue weighted by atomic mass is 9.89. The molecule has 0 spiro atoms. The van der Waals surface area contributed by atoms with E-state index in [9.17, 15) is 9.90 Å². The van der Waals surface area contributed by atoms with Crippen LogP contribution < -0.4 is 10.0 Å². The Morgan fingerprint density at radius 2 is 2.06 bits per heavy atom. The molecule has 0 fully saturated rings. The predicted molar refractivity (Wildman–Crippen MR) is 69.4 cm³/mol. The van der Waals surface area contributed by atoms with Crippen molar-refractivity contribution in [3.05, 3.63) is 42.0 Å². The topological polar surface area (TPSA) is 43.4 Å². The molecule has 0 bridgehead atoms. The van der Waals surface area contributed by atoms with Gasteiger partial charge in [0.15, 0.2) is 0 Å². The van der Waals surface area contributed by atoms with Crippen molar-refractivity contribution in [3.63, 3.8) is 0 Å². The molecular formula is C15H14NO2-. The van der Waals surface area contributed by atoms with Gasteiger partial charge in [0.1, 0.15) is 0 Å². The average Bonchev–Trinajstić information content (AvgIpc) is 2.38. The van der Waals surface area contributed by atoms with E-state index in [-0.39, 0.29) is 0 Å². The first kappa shape index (κ1) is 11.1. The maximum absolute atomic E-state index is 11.1. The summed E-state index contributed by atoms with van der Waals surface area (Å²) in [6.07, 6.45) is 0.559. The fraction of sp³-hybridized carbons (Fsp3) is 0.267. The molecule has 3 rings (SSSR count). The number of hydrogen-bond acceptors (Lipinski definition) is 3. The van der Waals surface area contributed by atoms with E-state index in [0.717, 1.165) is 22.0 Å². The second-order valence-corrected chi connectivity index (χ2v) is 4.88. The summed E-state index contributed by atoms with van der Waals surface area (Å²) in [5, 5.41) is 13.4. The smallest absolute Gasteiger partial charge is 0.0466 e. The van der Waals surface area contributed by atoms with Crippen LogP contribution in [0.1, 0.15) is 5.56 Å². The van der Waals surface area contributed by atoms with Gasteiger partial charge in [0, 0.05) is 31.2 Å². The van der Waals surface area contributed by atoms with Crippen molar-refractivity contribution in [2.24, 2.45) is 5.92 Å². The second kappa shape index (κ2) is 4.02. The summed E-state index contributed by atoms with van der Waals surface area (Å²) in [7, 11) is 1.93. The lowest BCUT2D eigenvalue weighted by molar-refractivity contribution is -0.311. The lowest BCUT2D eigenvalue weighted by Crippen LogP contribution is -2.42. The van der Waals surface area contributed by atoms with E-state index >= 15 is 0 Å². The first-order valence-electron chi connectivity index (χ1n) is 6.09. The van der Waals surface area contributed by atoms with E-state index in [1.54, 1.807) is 0 Å². The maximum Gasteiger partial charge on any atom is 0.0466 e. The molecule has 92 valence electrons. The molecule has 2 aromatic rings. The summed E-state index contributed by atoms with van der Waals surface area (Å²) in [5.74, 6) is -1.38. The van der Waals surface area contributed by atoms with Gasteiger partial charge in [-0.25, -0.2) is 0 Å². The molecule has 0 aliphatic carbocycles.